The predicted molar refractivity (Wildman–Crippen MR) is 78.3 cm³/mol. The number of amides is 1. The molecule has 1 aliphatic heterocycles. The molecule has 7 heteroatoms. The molecule has 1 amide bonds. The molecule has 0 bridgehead atoms. The van der Waals surface area contributed by atoms with E-state index in [9.17, 15) is 18.0 Å². The zero-order valence-electron chi connectivity index (χ0n) is 10.6. The molecule has 0 N–H and O–H groups in total. The van der Waals surface area contributed by atoms with Crippen LogP contribution in [-0.2, 0) is 4.79 Å². The maximum Gasteiger partial charge on any atom is 0.256 e. The SMILES string of the molecule is O=C(C1CSCCS1)N(CC(F)F)c1ccc(F)cc1. The zero-order chi connectivity index (χ0) is 14.5. The molecule has 1 heterocycles. The summed E-state index contributed by atoms with van der Waals surface area (Å²) < 4.78 is 38.3. The number of alkyl halides is 2. The number of benzene rings is 1. The number of carbonyl (C=O) groups is 1. The lowest BCUT2D eigenvalue weighted by Gasteiger charge is -2.28. The molecule has 0 radical (unpaired) electrons. The quantitative estimate of drug-likeness (QED) is 0.849. The first-order chi connectivity index (χ1) is 9.58. The molecule has 0 saturated carbocycles. The number of nitrogens with zero attached hydrogens (tertiary/aromatic N) is 1. The molecule has 1 unspecified atom stereocenters. The molecule has 0 spiro atoms. The van der Waals surface area contributed by atoms with Gasteiger partial charge in [-0.2, -0.15) is 11.8 Å². The predicted octanol–water partition coefficient (Wildman–Crippen LogP) is 3.27. The van der Waals surface area contributed by atoms with Gasteiger partial charge in [0.25, 0.3) is 6.43 Å². The average molecular weight is 321 g/mol. The summed E-state index contributed by atoms with van der Waals surface area (Å²) in [4.78, 5) is 13.4. The van der Waals surface area contributed by atoms with Gasteiger partial charge in [0, 0.05) is 22.9 Å². The van der Waals surface area contributed by atoms with Crippen LogP contribution < -0.4 is 4.90 Å². The lowest BCUT2D eigenvalue weighted by Crippen LogP contribution is -2.42. The summed E-state index contributed by atoms with van der Waals surface area (Å²) in [7, 11) is 0. The normalized spacial score (nSPS) is 19.1. The van der Waals surface area contributed by atoms with Crippen molar-refractivity contribution < 1.29 is 18.0 Å². The second kappa shape index (κ2) is 7.26. The Bertz CT molecular complexity index is 449. The van der Waals surface area contributed by atoms with Crippen molar-refractivity contribution in [2.75, 3.05) is 28.7 Å². The number of hydrogen-bond donors (Lipinski definition) is 0. The second-order valence-electron chi connectivity index (χ2n) is 4.25. The van der Waals surface area contributed by atoms with Gasteiger partial charge >= 0.3 is 0 Å². The van der Waals surface area contributed by atoms with Crippen LogP contribution in [0.1, 0.15) is 0 Å². The Morgan fingerprint density at radius 1 is 1.30 bits per heavy atom. The van der Waals surface area contributed by atoms with Crippen molar-refractivity contribution in [3.05, 3.63) is 30.1 Å². The minimum absolute atomic E-state index is 0.308. The largest absolute Gasteiger partial charge is 0.306 e. The van der Waals surface area contributed by atoms with Crippen molar-refractivity contribution in [2.24, 2.45) is 0 Å². The molecule has 1 saturated heterocycles. The van der Waals surface area contributed by atoms with Crippen LogP contribution in [0.2, 0.25) is 0 Å². The lowest BCUT2D eigenvalue weighted by atomic mass is 10.2. The Morgan fingerprint density at radius 3 is 2.55 bits per heavy atom. The third kappa shape index (κ3) is 4.09. The molecule has 1 aliphatic rings. The van der Waals surface area contributed by atoms with Crippen molar-refractivity contribution in [1.29, 1.82) is 0 Å². The average Bonchev–Trinajstić information content (AvgIpc) is 2.46. The van der Waals surface area contributed by atoms with E-state index in [1.54, 1.807) is 11.8 Å². The molecule has 1 aromatic rings. The van der Waals surface area contributed by atoms with E-state index < -0.39 is 18.8 Å². The maximum atomic E-state index is 12.9. The van der Waals surface area contributed by atoms with Crippen LogP contribution in [0.25, 0.3) is 0 Å². The van der Waals surface area contributed by atoms with Gasteiger partial charge in [-0.1, -0.05) is 0 Å². The maximum absolute atomic E-state index is 12.9. The highest BCUT2D eigenvalue weighted by atomic mass is 32.2. The van der Waals surface area contributed by atoms with Crippen molar-refractivity contribution >= 4 is 35.1 Å². The fourth-order valence-electron chi connectivity index (χ4n) is 1.89. The van der Waals surface area contributed by atoms with Crippen molar-refractivity contribution in [1.82, 2.24) is 0 Å². The molecule has 20 heavy (non-hydrogen) atoms. The monoisotopic (exact) mass is 321 g/mol. The third-order valence-corrected chi connectivity index (χ3v) is 5.56. The number of hydrogen-bond acceptors (Lipinski definition) is 3. The van der Waals surface area contributed by atoms with Gasteiger partial charge in [0.05, 0.1) is 11.8 Å². The van der Waals surface area contributed by atoms with Crippen LogP contribution in [0.5, 0.6) is 0 Å². The highest BCUT2D eigenvalue weighted by molar-refractivity contribution is 8.07. The van der Waals surface area contributed by atoms with Crippen LogP contribution in [0.15, 0.2) is 24.3 Å². The molecule has 2 rings (SSSR count). The Kier molecular flexibility index (Phi) is 5.65. The van der Waals surface area contributed by atoms with Crippen LogP contribution >= 0.6 is 23.5 Å². The van der Waals surface area contributed by atoms with E-state index >= 15 is 0 Å². The van der Waals surface area contributed by atoms with E-state index in [-0.39, 0.29) is 11.2 Å². The fraction of sp³-hybridized carbons (Fsp3) is 0.462. The molecule has 1 atom stereocenters. The van der Waals surface area contributed by atoms with E-state index in [0.29, 0.717) is 11.4 Å². The van der Waals surface area contributed by atoms with Crippen molar-refractivity contribution in [3.63, 3.8) is 0 Å². The van der Waals surface area contributed by atoms with Crippen LogP contribution in [0, 0.1) is 5.82 Å². The Morgan fingerprint density at radius 2 is 2.00 bits per heavy atom. The van der Waals surface area contributed by atoms with Gasteiger partial charge in [0.2, 0.25) is 5.91 Å². The zero-order valence-corrected chi connectivity index (χ0v) is 12.2. The summed E-state index contributed by atoms with van der Waals surface area (Å²) in [5, 5.41) is -0.308. The van der Waals surface area contributed by atoms with Crippen LogP contribution in [0.4, 0.5) is 18.9 Å². The Hall–Kier alpha value is -0.820. The number of halogens is 3. The minimum Gasteiger partial charge on any atom is -0.306 e. The lowest BCUT2D eigenvalue weighted by molar-refractivity contribution is -0.118. The van der Waals surface area contributed by atoms with E-state index in [1.807, 2.05) is 0 Å². The Labute approximate surface area is 124 Å². The van der Waals surface area contributed by atoms with Gasteiger partial charge < -0.3 is 4.90 Å². The topological polar surface area (TPSA) is 20.3 Å². The summed E-state index contributed by atoms with van der Waals surface area (Å²) in [5.41, 5.74) is 0.313. The van der Waals surface area contributed by atoms with E-state index in [2.05, 4.69) is 0 Å². The van der Waals surface area contributed by atoms with Crippen LogP contribution in [0.3, 0.4) is 0 Å². The van der Waals surface area contributed by atoms with Crippen LogP contribution in [-0.4, -0.2) is 41.4 Å². The summed E-state index contributed by atoms with van der Waals surface area (Å²) in [5.74, 6) is 1.66. The molecular weight excluding hydrogens is 307 g/mol. The van der Waals surface area contributed by atoms with Gasteiger partial charge in [-0.05, 0) is 24.3 Å². The van der Waals surface area contributed by atoms with Gasteiger partial charge in [-0.3, -0.25) is 4.79 Å². The number of rotatable bonds is 4. The molecule has 0 aliphatic carbocycles. The summed E-state index contributed by atoms with van der Waals surface area (Å²) in [6.07, 6.45) is -2.62. The highest BCUT2D eigenvalue weighted by Crippen LogP contribution is 2.28. The third-order valence-electron chi connectivity index (χ3n) is 2.82. The highest BCUT2D eigenvalue weighted by Gasteiger charge is 2.29. The first-order valence-electron chi connectivity index (χ1n) is 6.12. The van der Waals surface area contributed by atoms with Crippen molar-refractivity contribution in [3.8, 4) is 0 Å². The summed E-state index contributed by atoms with van der Waals surface area (Å²) in [6.45, 7) is -0.661. The Balaban J connectivity index is 2.17. The molecule has 2 nitrogen and oxygen atoms in total. The molecule has 0 aromatic heterocycles. The van der Waals surface area contributed by atoms with Gasteiger partial charge in [-0.15, -0.1) is 11.8 Å². The standard InChI is InChI=1S/C13H14F3NOS2/c14-9-1-3-10(4-2-9)17(7-12(15)16)13(18)11-8-19-5-6-20-11/h1-4,11-12H,5-8H2. The number of anilines is 1. The first kappa shape index (κ1) is 15.6. The van der Waals surface area contributed by atoms with Gasteiger partial charge in [0.15, 0.2) is 0 Å². The van der Waals surface area contributed by atoms with Gasteiger partial charge in [-0.25, -0.2) is 13.2 Å². The van der Waals surface area contributed by atoms with E-state index in [0.717, 1.165) is 16.4 Å². The first-order valence-corrected chi connectivity index (χ1v) is 8.32. The van der Waals surface area contributed by atoms with E-state index in [1.165, 1.54) is 36.0 Å². The molecule has 110 valence electrons. The minimum atomic E-state index is -2.62. The fourth-order valence-corrected chi connectivity index (χ4v) is 4.49. The molecule has 1 aromatic carbocycles. The molecular formula is C13H14F3NOS2. The van der Waals surface area contributed by atoms with Crippen molar-refractivity contribution in [2.45, 2.75) is 11.7 Å². The number of carbonyl (C=O) groups excluding carboxylic acids is 1. The number of thioether (sulfide) groups is 2. The smallest absolute Gasteiger partial charge is 0.256 e. The summed E-state index contributed by atoms with van der Waals surface area (Å²) in [6, 6.07) is 5.06. The van der Waals surface area contributed by atoms with E-state index in [4.69, 9.17) is 0 Å². The summed E-state index contributed by atoms with van der Waals surface area (Å²) >= 11 is 3.14. The van der Waals surface area contributed by atoms with Gasteiger partial charge in [0.1, 0.15) is 5.82 Å². The second-order valence-corrected chi connectivity index (χ2v) is 6.71. The molecule has 1 fully saturated rings.